The Hall–Kier alpha value is -3.56. The summed E-state index contributed by atoms with van der Waals surface area (Å²) in [6, 6.07) is 0. The molecule has 0 bridgehead atoms. The van der Waals surface area contributed by atoms with Crippen molar-refractivity contribution in [3.63, 3.8) is 0 Å². The number of nitrogen functional groups attached to an aromatic ring is 1. The molecule has 3 saturated heterocycles. The molecule has 0 radical (unpaired) electrons. The van der Waals surface area contributed by atoms with Crippen molar-refractivity contribution < 1.29 is 34.1 Å². The van der Waals surface area contributed by atoms with Crippen molar-refractivity contribution >= 4 is 34.9 Å². The fraction of sp³-hybridized carbons (Fsp3) is 0.680. The number of β-lactam (4-membered cyclic amide) rings is 1. The van der Waals surface area contributed by atoms with Crippen LogP contribution >= 0.6 is 0 Å². The van der Waals surface area contributed by atoms with Gasteiger partial charge in [0.25, 0.3) is 5.91 Å². The number of anilines is 1. The summed E-state index contributed by atoms with van der Waals surface area (Å²) in [4.78, 5) is 50.8. The number of hydrogen-bond donors (Lipinski definition) is 5. The normalized spacial score (nSPS) is 26.9. The van der Waals surface area contributed by atoms with Gasteiger partial charge in [-0.15, -0.1) is 0 Å². The van der Waals surface area contributed by atoms with Crippen LogP contribution < -0.4 is 16.4 Å². The minimum atomic E-state index is -1.41. The zero-order chi connectivity index (χ0) is 28.4. The molecule has 2 unspecified atom stereocenters. The number of aliphatic hydroxyl groups is 2. The number of amides is 3. The predicted molar refractivity (Wildman–Crippen MR) is 139 cm³/mol. The third-order valence-electron chi connectivity index (χ3n) is 7.80. The lowest BCUT2D eigenvalue weighted by Crippen LogP contribution is -2.51. The van der Waals surface area contributed by atoms with Gasteiger partial charge in [-0.1, -0.05) is 0 Å². The molecule has 0 aromatic carbocycles. The summed E-state index contributed by atoms with van der Waals surface area (Å²) in [7, 11) is 0. The highest BCUT2D eigenvalue weighted by Gasteiger charge is 2.47. The Morgan fingerprint density at radius 1 is 1.25 bits per heavy atom. The minimum Gasteiger partial charge on any atom is -0.448 e. The molecule has 15 heteroatoms. The van der Waals surface area contributed by atoms with Gasteiger partial charge in [-0.3, -0.25) is 14.2 Å². The molecular weight excluding hydrogens is 524 g/mol. The molecule has 2 aromatic heterocycles. The Balaban J connectivity index is 1.14. The van der Waals surface area contributed by atoms with Crippen LogP contribution in [0.4, 0.5) is 10.6 Å². The molecule has 5 heterocycles. The quantitative estimate of drug-likeness (QED) is 0.237. The van der Waals surface area contributed by atoms with Crippen molar-refractivity contribution in [1.29, 1.82) is 0 Å². The third-order valence-corrected chi connectivity index (χ3v) is 7.80. The molecule has 6 N–H and O–H groups in total. The number of nitrogens with zero attached hydrogens (tertiary/aromatic N) is 5. The second-order valence-corrected chi connectivity index (χ2v) is 10.5. The second kappa shape index (κ2) is 11.9. The largest absolute Gasteiger partial charge is 0.448 e. The van der Waals surface area contributed by atoms with Crippen molar-refractivity contribution in [3.8, 4) is 0 Å². The number of likely N-dealkylation sites (N-methyl/N-ethyl adjacent to an activating group) is 1. The van der Waals surface area contributed by atoms with E-state index >= 15 is 0 Å². The van der Waals surface area contributed by atoms with Gasteiger partial charge in [0.15, 0.2) is 23.8 Å². The standard InChI is InChI=1S/C25H36N8O7/c1-2-27-23(37)19-17(34)18(35)24(40-19)33-12-29-16-20(26)30-15(31-21(16)33)5-3-4-13-6-8-32(9-7-13)25(38)39-11-14-10-28-22(14)36/h12-14,17-19,24,34-35H,2-11H2,1H3,(H,27,37)(H,28,36)(H2,26,30,31)/t14?,17-,18?,19+,24-/m1/s1. The summed E-state index contributed by atoms with van der Waals surface area (Å²) >= 11 is 0. The summed E-state index contributed by atoms with van der Waals surface area (Å²) in [5.41, 5.74) is 6.84. The summed E-state index contributed by atoms with van der Waals surface area (Å²) in [5.74, 6) is 0.333. The van der Waals surface area contributed by atoms with Crippen LogP contribution in [0.2, 0.25) is 0 Å². The van der Waals surface area contributed by atoms with E-state index in [-0.39, 0.29) is 30.3 Å². The van der Waals surface area contributed by atoms with E-state index in [4.69, 9.17) is 15.2 Å². The van der Waals surface area contributed by atoms with Gasteiger partial charge in [0, 0.05) is 32.6 Å². The maximum Gasteiger partial charge on any atom is 0.409 e. The molecule has 0 saturated carbocycles. The molecule has 40 heavy (non-hydrogen) atoms. The van der Waals surface area contributed by atoms with Crippen LogP contribution in [0.3, 0.4) is 0 Å². The molecule has 5 rings (SSSR count). The van der Waals surface area contributed by atoms with E-state index in [9.17, 15) is 24.6 Å². The first-order valence-electron chi connectivity index (χ1n) is 13.7. The molecule has 0 spiro atoms. The first-order chi connectivity index (χ1) is 19.3. The molecule has 3 aliphatic rings. The molecule has 3 aliphatic heterocycles. The van der Waals surface area contributed by atoms with E-state index in [1.54, 1.807) is 11.8 Å². The van der Waals surface area contributed by atoms with Crippen LogP contribution in [0.5, 0.6) is 0 Å². The van der Waals surface area contributed by atoms with Crippen LogP contribution in [0, 0.1) is 11.8 Å². The van der Waals surface area contributed by atoms with E-state index in [1.165, 1.54) is 10.9 Å². The number of aryl methyl sites for hydroxylation is 1. The molecule has 218 valence electrons. The fourth-order valence-corrected chi connectivity index (χ4v) is 5.34. The Morgan fingerprint density at radius 3 is 2.70 bits per heavy atom. The second-order valence-electron chi connectivity index (χ2n) is 10.5. The monoisotopic (exact) mass is 560 g/mol. The minimum absolute atomic E-state index is 0.0748. The Morgan fingerprint density at radius 2 is 2.02 bits per heavy atom. The van der Waals surface area contributed by atoms with Gasteiger partial charge in [-0.25, -0.2) is 19.7 Å². The Kier molecular flexibility index (Phi) is 8.32. The average molecular weight is 561 g/mol. The molecule has 3 amide bonds. The summed E-state index contributed by atoms with van der Waals surface area (Å²) in [6.07, 6.45) is -0.0217. The van der Waals surface area contributed by atoms with Gasteiger partial charge >= 0.3 is 6.09 Å². The lowest BCUT2D eigenvalue weighted by atomic mass is 9.91. The number of imidazole rings is 1. The van der Waals surface area contributed by atoms with Crippen molar-refractivity contribution in [2.45, 2.75) is 63.6 Å². The smallest absolute Gasteiger partial charge is 0.409 e. The number of aromatic nitrogens is 4. The molecule has 15 nitrogen and oxygen atoms in total. The van der Waals surface area contributed by atoms with Crippen molar-refractivity contribution in [3.05, 3.63) is 12.2 Å². The highest BCUT2D eigenvalue weighted by atomic mass is 16.6. The van der Waals surface area contributed by atoms with Gasteiger partial charge in [0.2, 0.25) is 5.91 Å². The van der Waals surface area contributed by atoms with Gasteiger partial charge in [-0.05, 0) is 38.5 Å². The number of likely N-dealkylation sites (tertiary alicyclic amines) is 1. The van der Waals surface area contributed by atoms with Crippen LogP contribution in [0.1, 0.15) is 44.7 Å². The molecule has 3 fully saturated rings. The number of nitrogens with one attached hydrogen (secondary N) is 2. The lowest BCUT2D eigenvalue weighted by molar-refractivity contribution is -0.137. The lowest BCUT2D eigenvalue weighted by Gasteiger charge is -2.32. The number of piperidine rings is 1. The van der Waals surface area contributed by atoms with E-state index < -0.39 is 30.4 Å². The molecule has 5 atom stereocenters. The van der Waals surface area contributed by atoms with Gasteiger partial charge in [0.1, 0.15) is 30.2 Å². The van der Waals surface area contributed by atoms with E-state index in [1.807, 2.05) is 0 Å². The van der Waals surface area contributed by atoms with Crippen molar-refractivity contribution in [2.24, 2.45) is 11.8 Å². The maximum atomic E-state index is 12.3. The highest BCUT2D eigenvalue weighted by Crippen LogP contribution is 2.32. The average Bonchev–Trinajstić information content (AvgIpc) is 3.49. The molecule has 2 aromatic rings. The van der Waals surface area contributed by atoms with Crippen LogP contribution in [-0.4, -0.2) is 104 Å². The van der Waals surface area contributed by atoms with Crippen LogP contribution in [0.25, 0.3) is 11.2 Å². The van der Waals surface area contributed by atoms with Gasteiger partial charge < -0.3 is 41.0 Å². The van der Waals surface area contributed by atoms with Crippen LogP contribution in [0.15, 0.2) is 6.33 Å². The summed E-state index contributed by atoms with van der Waals surface area (Å²) in [6.45, 7) is 4.01. The van der Waals surface area contributed by atoms with E-state index in [2.05, 4.69) is 25.6 Å². The Labute approximate surface area is 230 Å². The van der Waals surface area contributed by atoms with Crippen LogP contribution in [-0.2, 0) is 25.5 Å². The number of fused-ring (bicyclic) bond motifs is 1. The SMILES string of the molecule is CCNC(=O)[C@H]1O[C@@H](n2cnc3c(N)nc(CCCC4CCN(C(=O)OCC5CNC5=O)CC4)nc32)C(O)[C@H]1O. The summed E-state index contributed by atoms with van der Waals surface area (Å²) < 4.78 is 12.5. The first kappa shape index (κ1) is 28.0. The van der Waals surface area contributed by atoms with Gasteiger partial charge in [0.05, 0.1) is 12.2 Å². The summed E-state index contributed by atoms with van der Waals surface area (Å²) in [5, 5.41) is 26.2. The third kappa shape index (κ3) is 5.67. The molecular formula is C25H36N8O7. The number of nitrogens with two attached hydrogens (primary N) is 1. The molecule has 0 aliphatic carbocycles. The number of carbonyl (C=O) groups is 3. The maximum absolute atomic E-state index is 12.3. The highest BCUT2D eigenvalue weighted by molar-refractivity contribution is 5.85. The first-order valence-corrected chi connectivity index (χ1v) is 13.7. The number of hydrogen-bond acceptors (Lipinski definition) is 11. The fourth-order valence-electron chi connectivity index (χ4n) is 5.34. The zero-order valence-electron chi connectivity index (χ0n) is 22.4. The Bertz CT molecular complexity index is 1250. The van der Waals surface area contributed by atoms with E-state index in [0.717, 1.165) is 25.7 Å². The predicted octanol–water partition coefficient (Wildman–Crippen LogP) is -0.919. The van der Waals surface area contributed by atoms with Gasteiger partial charge in [-0.2, -0.15) is 0 Å². The number of rotatable bonds is 9. The van der Waals surface area contributed by atoms with Crippen molar-refractivity contribution in [2.75, 3.05) is 38.5 Å². The number of aliphatic hydroxyl groups excluding tert-OH is 2. The number of carbonyl (C=O) groups excluding carboxylic acids is 3. The number of ether oxygens (including phenoxy) is 2. The zero-order valence-corrected chi connectivity index (χ0v) is 22.4. The van der Waals surface area contributed by atoms with Crippen molar-refractivity contribution in [1.82, 2.24) is 35.1 Å². The van der Waals surface area contributed by atoms with E-state index in [0.29, 0.717) is 55.5 Å². The topological polar surface area (TPSA) is 207 Å².